The highest BCUT2D eigenvalue weighted by Gasteiger charge is 2.37. The maximum Gasteiger partial charge on any atom is 0.230 e. The maximum atomic E-state index is 12.9. The Balaban J connectivity index is 1.60. The van der Waals surface area contributed by atoms with E-state index >= 15 is 0 Å². The van der Waals surface area contributed by atoms with Crippen LogP contribution in [0, 0.1) is 11.3 Å². The topological polar surface area (TPSA) is 111 Å². The van der Waals surface area contributed by atoms with Crippen molar-refractivity contribution in [1.29, 1.82) is 5.26 Å². The zero-order valence-corrected chi connectivity index (χ0v) is 19.6. The van der Waals surface area contributed by atoms with Crippen molar-refractivity contribution < 1.29 is 19.4 Å². The minimum Gasteiger partial charge on any atom is -0.504 e. The van der Waals surface area contributed by atoms with Gasteiger partial charge in [0.15, 0.2) is 17.3 Å². The number of carbonyl (C=O) groups is 2. The summed E-state index contributed by atoms with van der Waals surface area (Å²) in [6.45, 7) is 0.428. The number of allylic oxidation sites excluding steroid dienone is 3. The summed E-state index contributed by atoms with van der Waals surface area (Å²) in [5.41, 5.74) is 3.43. The van der Waals surface area contributed by atoms with E-state index in [-0.39, 0.29) is 28.9 Å². The Morgan fingerprint density at radius 3 is 2.79 bits per heavy atom. The van der Waals surface area contributed by atoms with E-state index in [0.29, 0.717) is 41.1 Å². The highest BCUT2D eigenvalue weighted by atomic mass is 32.2. The number of Topliss-reactive ketones (excluding diaryl/α,β-unsaturated/α-hetero) is 1. The third-order valence-corrected chi connectivity index (χ3v) is 6.90. The smallest absolute Gasteiger partial charge is 0.230 e. The first-order valence-corrected chi connectivity index (χ1v) is 12.0. The van der Waals surface area contributed by atoms with Crippen LogP contribution in [0.1, 0.15) is 36.3 Å². The minimum atomic E-state index is -0.585. The van der Waals surface area contributed by atoms with Crippen molar-refractivity contribution in [2.75, 3.05) is 12.9 Å². The number of carbonyl (C=O) groups excluding carboxylic acids is 2. The van der Waals surface area contributed by atoms with E-state index in [1.807, 2.05) is 30.3 Å². The molecule has 0 aromatic heterocycles. The van der Waals surface area contributed by atoms with Crippen molar-refractivity contribution >= 4 is 23.5 Å². The number of thioether (sulfide) groups is 1. The van der Waals surface area contributed by atoms with E-state index in [4.69, 9.17) is 4.74 Å². The summed E-state index contributed by atoms with van der Waals surface area (Å²) in [5, 5.41) is 26.9. The molecule has 3 N–H and O–H groups in total. The van der Waals surface area contributed by atoms with Gasteiger partial charge in [0.2, 0.25) is 5.91 Å². The maximum absolute atomic E-state index is 12.9. The molecule has 34 heavy (non-hydrogen) atoms. The van der Waals surface area contributed by atoms with Crippen molar-refractivity contribution in [3.05, 3.63) is 81.5 Å². The fourth-order valence-electron chi connectivity index (χ4n) is 4.23. The lowest BCUT2D eigenvalue weighted by molar-refractivity contribution is -0.119. The summed E-state index contributed by atoms with van der Waals surface area (Å²) in [6.07, 6.45) is 1.85. The highest BCUT2D eigenvalue weighted by molar-refractivity contribution is 8.03. The van der Waals surface area contributed by atoms with Gasteiger partial charge < -0.3 is 20.5 Å². The van der Waals surface area contributed by atoms with E-state index in [2.05, 4.69) is 16.7 Å². The Hall–Kier alpha value is -3.70. The van der Waals surface area contributed by atoms with Crippen molar-refractivity contribution in [1.82, 2.24) is 10.6 Å². The zero-order valence-electron chi connectivity index (χ0n) is 18.8. The Bertz CT molecular complexity index is 1210. The lowest BCUT2D eigenvalue weighted by Crippen LogP contribution is -2.32. The number of ketones is 1. The number of nitrogens with one attached hydrogen (secondary N) is 2. The monoisotopic (exact) mass is 475 g/mol. The van der Waals surface area contributed by atoms with Crippen molar-refractivity contribution in [3.8, 4) is 17.6 Å². The van der Waals surface area contributed by atoms with E-state index in [9.17, 15) is 20.0 Å². The number of rotatable bonds is 7. The second kappa shape index (κ2) is 10.5. The number of nitrogens with zero attached hydrogens (tertiary/aromatic N) is 1. The molecule has 2 aromatic carbocycles. The standard InChI is InChI=1S/C26H25N3O4S/c1-33-22-12-17(10-11-20(22)30)24-18(13-27)26(29-19-8-5-9-21(31)25(19)24)34-15-23(32)28-14-16-6-3-2-4-7-16/h2-4,6-7,10-12,24,29-30H,5,8-9,14-15H2,1H3,(H,28,32). The number of hydrogen-bond donors (Lipinski definition) is 3. The summed E-state index contributed by atoms with van der Waals surface area (Å²) in [7, 11) is 1.45. The minimum absolute atomic E-state index is 0.00296. The number of benzene rings is 2. The molecule has 2 aliphatic rings. The molecule has 1 heterocycles. The largest absolute Gasteiger partial charge is 0.504 e. The Morgan fingerprint density at radius 1 is 1.26 bits per heavy atom. The third-order valence-electron chi connectivity index (χ3n) is 5.88. The van der Waals surface area contributed by atoms with Gasteiger partial charge in [-0.2, -0.15) is 5.26 Å². The molecule has 1 aliphatic heterocycles. The van der Waals surface area contributed by atoms with Gasteiger partial charge in [0, 0.05) is 24.2 Å². The van der Waals surface area contributed by atoms with Crippen LogP contribution in [0.2, 0.25) is 0 Å². The molecular formula is C26H25N3O4S. The predicted octanol–water partition coefficient (Wildman–Crippen LogP) is 3.88. The van der Waals surface area contributed by atoms with Gasteiger partial charge in [0.05, 0.1) is 35.5 Å². The zero-order chi connectivity index (χ0) is 24.1. The van der Waals surface area contributed by atoms with Crippen LogP contribution in [-0.2, 0) is 16.1 Å². The molecule has 0 saturated heterocycles. The number of phenols is 1. The van der Waals surface area contributed by atoms with Gasteiger partial charge in [-0.05, 0) is 36.1 Å². The number of dihydropyridines is 1. The highest BCUT2D eigenvalue weighted by Crippen LogP contribution is 2.45. The van der Waals surface area contributed by atoms with Gasteiger partial charge in [-0.1, -0.05) is 48.2 Å². The van der Waals surface area contributed by atoms with Crippen LogP contribution in [0.3, 0.4) is 0 Å². The third kappa shape index (κ3) is 4.95. The second-order valence-corrected chi connectivity index (χ2v) is 9.05. The summed E-state index contributed by atoms with van der Waals surface area (Å²) < 4.78 is 5.25. The van der Waals surface area contributed by atoms with Crippen molar-refractivity contribution in [2.45, 2.75) is 31.7 Å². The number of amides is 1. The van der Waals surface area contributed by atoms with E-state index in [1.54, 1.807) is 12.1 Å². The van der Waals surface area contributed by atoms with Gasteiger partial charge in [-0.3, -0.25) is 9.59 Å². The van der Waals surface area contributed by atoms with E-state index in [1.165, 1.54) is 24.9 Å². The van der Waals surface area contributed by atoms with Gasteiger partial charge in [0.1, 0.15) is 0 Å². The molecule has 1 aliphatic carbocycles. The van der Waals surface area contributed by atoms with Crippen LogP contribution in [0.25, 0.3) is 0 Å². The molecule has 1 atom stereocenters. The number of nitriles is 1. The Kier molecular flexibility index (Phi) is 7.24. The predicted molar refractivity (Wildman–Crippen MR) is 130 cm³/mol. The Morgan fingerprint density at radius 2 is 2.06 bits per heavy atom. The number of methoxy groups -OCH3 is 1. The van der Waals surface area contributed by atoms with E-state index < -0.39 is 5.92 Å². The molecule has 2 aromatic rings. The number of aromatic hydroxyl groups is 1. The van der Waals surface area contributed by atoms with Crippen LogP contribution >= 0.6 is 11.8 Å². The van der Waals surface area contributed by atoms with Crippen LogP contribution in [0.15, 0.2) is 70.4 Å². The molecular weight excluding hydrogens is 450 g/mol. The molecule has 1 amide bonds. The summed E-state index contributed by atoms with van der Waals surface area (Å²) in [5.74, 6) is -0.350. The molecule has 1 unspecified atom stereocenters. The quantitative estimate of drug-likeness (QED) is 0.557. The average molecular weight is 476 g/mol. The molecule has 0 spiro atoms. The summed E-state index contributed by atoms with van der Waals surface area (Å²) in [6, 6.07) is 16.8. The lowest BCUT2D eigenvalue weighted by Gasteiger charge is -2.33. The number of hydrogen-bond acceptors (Lipinski definition) is 7. The molecule has 0 saturated carbocycles. The molecule has 0 bridgehead atoms. The molecule has 0 fully saturated rings. The Labute approximate surface area is 202 Å². The molecule has 7 nitrogen and oxygen atoms in total. The van der Waals surface area contributed by atoms with Crippen molar-refractivity contribution in [2.24, 2.45) is 0 Å². The molecule has 8 heteroatoms. The lowest BCUT2D eigenvalue weighted by atomic mass is 9.77. The molecule has 0 radical (unpaired) electrons. The number of phenolic OH excluding ortho intramolecular Hbond substituents is 1. The second-order valence-electron chi connectivity index (χ2n) is 8.06. The van der Waals surface area contributed by atoms with Crippen molar-refractivity contribution in [3.63, 3.8) is 0 Å². The van der Waals surface area contributed by atoms with Gasteiger partial charge in [-0.25, -0.2) is 0 Å². The first-order chi connectivity index (χ1) is 16.5. The van der Waals surface area contributed by atoms with Crippen LogP contribution in [-0.4, -0.2) is 29.7 Å². The summed E-state index contributed by atoms with van der Waals surface area (Å²) >= 11 is 1.25. The van der Waals surface area contributed by atoms with E-state index in [0.717, 1.165) is 17.7 Å². The SMILES string of the molecule is COc1cc(C2C(C#N)=C(SCC(=O)NCc3ccccc3)NC3=C2C(=O)CCC3)ccc1O. The number of ether oxygens (including phenoxy) is 1. The first kappa shape index (κ1) is 23.5. The van der Waals surface area contributed by atoms with Crippen LogP contribution < -0.4 is 15.4 Å². The average Bonchev–Trinajstić information content (AvgIpc) is 2.86. The summed E-state index contributed by atoms with van der Waals surface area (Å²) in [4.78, 5) is 25.4. The van der Waals surface area contributed by atoms with Gasteiger partial charge in [0.25, 0.3) is 0 Å². The van der Waals surface area contributed by atoms with Gasteiger partial charge in [-0.15, -0.1) is 0 Å². The molecule has 174 valence electrons. The fourth-order valence-corrected chi connectivity index (χ4v) is 5.12. The van der Waals surface area contributed by atoms with Crippen LogP contribution in [0.4, 0.5) is 0 Å². The normalized spacial score (nSPS) is 17.5. The first-order valence-electron chi connectivity index (χ1n) is 11.0. The van der Waals surface area contributed by atoms with Gasteiger partial charge >= 0.3 is 0 Å². The fraction of sp³-hybridized carbons (Fsp3) is 0.269. The molecule has 4 rings (SSSR count). The van der Waals surface area contributed by atoms with Crippen LogP contribution in [0.5, 0.6) is 11.5 Å².